The molecule has 0 bridgehead atoms. The van der Waals surface area contributed by atoms with Gasteiger partial charge < -0.3 is 15.4 Å². The average molecular weight is 361 g/mol. The minimum Gasteiger partial charge on any atom is -0.479 e. The molecule has 2 aromatic rings. The molecular formula is C19H21ClN2O3. The summed E-state index contributed by atoms with van der Waals surface area (Å²) in [7, 11) is 0. The van der Waals surface area contributed by atoms with Crippen LogP contribution in [0.15, 0.2) is 48.5 Å². The van der Waals surface area contributed by atoms with Crippen molar-refractivity contribution in [3.63, 3.8) is 0 Å². The summed E-state index contributed by atoms with van der Waals surface area (Å²) < 4.78 is 5.59. The molecular weight excluding hydrogens is 340 g/mol. The van der Waals surface area contributed by atoms with E-state index in [-0.39, 0.29) is 17.9 Å². The van der Waals surface area contributed by atoms with Crippen LogP contribution in [0.2, 0.25) is 5.02 Å². The smallest absolute Gasteiger partial charge is 0.265 e. The molecule has 0 radical (unpaired) electrons. The summed E-state index contributed by atoms with van der Waals surface area (Å²) in [4.78, 5) is 24.3. The molecule has 2 rings (SSSR count). The fourth-order valence-corrected chi connectivity index (χ4v) is 2.29. The Morgan fingerprint density at radius 2 is 1.76 bits per heavy atom. The molecule has 2 aromatic carbocycles. The Hall–Kier alpha value is -2.53. The number of halogens is 1. The number of anilines is 1. The van der Waals surface area contributed by atoms with Gasteiger partial charge in [0.2, 0.25) is 0 Å². The van der Waals surface area contributed by atoms with Gasteiger partial charge in [-0.05, 0) is 51.1 Å². The maximum Gasteiger partial charge on any atom is 0.265 e. The van der Waals surface area contributed by atoms with Crippen molar-refractivity contribution in [2.45, 2.75) is 32.9 Å². The molecule has 0 fully saturated rings. The third kappa shape index (κ3) is 5.50. The van der Waals surface area contributed by atoms with Crippen LogP contribution in [0.1, 0.15) is 31.1 Å². The number of rotatable bonds is 6. The average Bonchev–Trinajstić information content (AvgIpc) is 2.56. The molecule has 0 spiro atoms. The van der Waals surface area contributed by atoms with Gasteiger partial charge in [-0.3, -0.25) is 9.59 Å². The number of ether oxygens (including phenoxy) is 1. The van der Waals surface area contributed by atoms with E-state index in [0.717, 1.165) is 0 Å². The summed E-state index contributed by atoms with van der Waals surface area (Å²) in [6.45, 7) is 5.41. The SMILES string of the molecule is CC(C)NC(=O)c1cccc(NC(=O)C(C)Oc2ccccc2Cl)c1. The van der Waals surface area contributed by atoms with Crippen molar-refractivity contribution in [2.75, 3.05) is 5.32 Å². The molecule has 132 valence electrons. The molecule has 0 aromatic heterocycles. The van der Waals surface area contributed by atoms with Crippen molar-refractivity contribution in [1.82, 2.24) is 5.32 Å². The van der Waals surface area contributed by atoms with Crippen LogP contribution in [-0.4, -0.2) is 24.0 Å². The van der Waals surface area contributed by atoms with Crippen molar-refractivity contribution in [1.29, 1.82) is 0 Å². The number of para-hydroxylation sites is 1. The first-order valence-corrected chi connectivity index (χ1v) is 8.37. The van der Waals surface area contributed by atoms with Crippen LogP contribution in [0.25, 0.3) is 0 Å². The Morgan fingerprint density at radius 3 is 2.44 bits per heavy atom. The molecule has 25 heavy (non-hydrogen) atoms. The highest BCUT2D eigenvalue weighted by Gasteiger charge is 2.17. The standard InChI is InChI=1S/C19H21ClN2O3/c1-12(2)21-19(24)14-7-6-8-15(11-14)22-18(23)13(3)25-17-10-5-4-9-16(17)20/h4-13H,1-3H3,(H,21,24)(H,22,23). The van der Waals surface area contributed by atoms with Gasteiger partial charge in [-0.15, -0.1) is 0 Å². The number of hydrogen-bond donors (Lipinski definition) is 2. The van der Waals surface area contributed by atoms with E-state index in [1.165, 1.54) is 0 Å². The molecule has 0 saturated heterocycles. The van der Waals surface area contributed by atoms with Gasteiger partial charge in [-0.2, -0.15) is 0 Å². The van der Waals surface area contributed by atoms with E-state index >= 15 is 0 Å². The van der Waals surface area contributed by atoms with Gasteiger partial charge in [0.25, 0.3) is 11.8 Å². The van der Waals surface area contributed by atoms with Crippen molar-refractivity contribution < 1.29 is 14.3 Å². The second-order valence-corrected chi connectivity index (χ2v) is 6.30. The highest BCUT2D eigenvalue weighted by molar-refractivity contribution is 6.32. The normalized spacial score (nSPS) is 11.7. The fraction of sp³-hybridized carbons (Fsp3) is 0.263. The van der Waals surface area contributed by atoms with E-state index < -0.39 is 6.10 Å². The summed E-state index contributed by atoms with van der Waals surface area (Å²) >= 11 is 6.03. The minimum absolute atomic E-state index is 0.0368. The zero-order valence-corrected chi connectivity index (χ0v) is 15.1. The van der Waals surface area contributed by atoms with E-state index in [0.29, 0.717) is 22.0 Å². The highest BCUT2D eigenvalue weighted by atomic mass is 35.5. The van der Waals surface area contributed by atoms with Gasteiger partial charge in [-0.1, -0.05) is 29.8 Å². The maximum absolute atomic E-state index is 12.3. The Morgan fingerprint density at radius 1 is 1.04 bits per heavy atom. The van der Waals surface area contributed by atoms with E-state index in [1.54, 1.807) is 55.5 Å². The predicted octanol–water partition coefficient (Wildman–Crippen LogP) is 3.88. The van der Waals surface area contributed by atoms with Crippen LogP contribution in [0.3, 0.4) is 0 Å². The number of carbonyl (C=O) groups excluding carboxylic acids is 2. The number of hydrogen-bond acceptors (Lipinski definition) is 3. The molecule has 0 heterocycles. The van der Waals surface area contributed by atoms with E-state index in [4.69, 9.17) is 16.3 Å². The van der Waals surface area contributed by atoms with Crippen molar-refractivity contribution >= 4 is 29.1 Å². The lowest BCUT2D eigenvalue weighted by Crippen LogP contribution is -2.31. The summed E-state index contributed by atoms with van der Waals surface area (Å²) in [6.07, 6.45) is -0.743. The second kappa shape index (κ2) is 8.53. The summed E-state index contributed by atoms with van der Waals surface area (Å²) in [6, 6.07) is 13.7. The lowest BCUT2D eigenvalue weighted by Gasteiger charge is -2.16. The summed E-state index contributed by atoms with van der Waals surface area (Å²) in [5.74, 6) is -0.0790. The van der Waals surface area contributed by atoms with Crippen LogP contribution in [0, 0.1) is 0 Å². The van der Waals surface area contributed by atoms with Gasteiger partial charge in [0.05, 0.1) is 5.02 Å². The number of nitrogens with one attached hydrogen (secondary N) is 2. The molecule has 2 amide bonds. The van der Waals surface area contributed by atoms with Crippen LogP contribution in [0.4, 0.5) is 5.69 Å². The molecule has 0 saturated carbocycles. The first-order valence-electron chi connectivity index (χ1n) is 8.00. The molecule has 0 aliphatic carbocycles. The van der Waals surface area contributed by atoms with Gasteiger partial charge in [-0.25, -0.2) is 0 Å². The van der Waals surface area contributed by atoms with Crippen LogP contribution >= 0.6 is 11.6 Å². The first kappa shape index (κ1) is 18.8. The van der Waals surface area contributed by atoms with E-state index in [2.05, 4.69) is 10.6 Å². The Labute approximate surface area is 152 Å². The molecule has 2 N–H and O–H groups in total. The third-order valence-corrected chi connectivity index (χ3v) is 3.63. The van der Waals surface area contributed by atoms with Crippen LogP contribution in [-0.2, 0) is 4.79 Å². The lowest BCUT2D eigenvalue weighted by atomic mass is 10.1. The molecule has 0 aliphatic heterocycles. The Balaban J connectivity index is 2.02. The Bertz CT molecular complexity index is 762. The van der Waals surface area contributed by atoms with Crippen molar-refractivity contribution in [2.24, 2.45) is 0 Å². The molecule has 5 nitrogen and oxygen atoms in total. The summed E-state index contributed by atoms with van der Waals surface area (Å²) in [5.41, 5.74) is 1.00. The first-order chi connectivity index (χ1) is 11.9. The van der Waals surface area contributed by atoms with Crippen LogP contribution < -0.4 is 15.4 Å². The number of benzene rings is 2. The second-order valence-electron chi connectivity index (χ2n) is 5.89. The predicted molar refractivity (Wildman–Crippen MR) is 99.2 cm³/mol. The zero-order valence-electron chi connectivity index (χ0n) is 14.4. The molecule has 1 atom stereocenters. The lowest BCUT2D eigenvalue weighted by molar-refractivity contribution is -0.122. The monoisotopic (exact) mass is 360 g/mol. The van der Waals surface area contributed by atoms with Crippen LogP contribution in [0.5, 0.6) is 5.75 Å². The van der Waals surface area contributed by atoms with E-state index in [1.807, 2.05) is 13.8 Å². The number of amides is 2. The minimum atomic E-state index is -0.743. The number of carbonyl (C=O) groups is 2. The molecule has 6 heteroatoms. The quantitative estimate of drug-likeness (QED) is 0.821. The molecule has 1 unspecified atom stereocenters. The van der Waals surface area contributed by atoms with Gasteiger partial charge in [0.15, 0.2) is 6.10 Å². The highest BCUT2D eigenvalue weighted by Crippen LogP contribution is 2.24. The van der Waals surface area contributed by atoms with Crippen molar-refractivity contribution in [3.05, 3.63) is 59.1 Å². The van der Waals surface area contributed by atoms with Gasteiger partial charge in [0, 0.05) is 17.3 Å². The van der Waals surface area contributed by atoms with Gasteiger partial charge in [0.1, 0.15) is 5.75 Å². The Kier molecular flexibility index (Phi) is 6.42. The zero-order chi connectivity index (χ0) is 18.4. The largest absolute Gasteiger partial charge is 0.479 e. The topological polar surface area (TPSA) is 67.4 Å². The van der Waals surface area contributed by atoms with E-state index in [9.17, 15) is 9.59 Å². The van der Waals surface area contributed by atoms with Gasteiger partial charge >= 0.3 is 0 Å². The summed E-state index contributed by atoms with van der Waals surface area (Å²) in [5, 5.41) is 5.99. The fourth-order valence-electron chi connectivity index (χ4n) is 2.11. The van der Waals surface area contributed by atoms with Crippen molar-refractivity contribution in [3.8, 4) is 5.75 Å². The maximum atomic E-state index is 12.3. The molecule has 0 aliphatic rings. The third-order valence-electron chi connectivity index (χ3n) is 3.32.